The van der Waals surface area contributed by atoms with Gasteiger partial charge >= 0.3 is 5.97 Å². The lowest BCUT2D eigenvalue weighted by Crippen LogP contribution is -2.71. The Balaban J connectivity index is 1.47. The second kappa shape index (κ2) is 11.5. The molecule has 18 heteroatoms. The van der Waals surface area contributed by atoms with Gasteiger partial charge in [0.25, 0.3) is 11.8 Å². The van der Waals surface area contributed by atoms with E-state index in [-0.39, 0.29) is 41.9 Å². The van der Waals surface area contributed by atoms with Gasteiger partial charge < -0.3 is 32.5 Å². The summed E-state index contributed by atoms with van der Waals surface area (Å²) in [6.45, 7) is 0.531. The standard InChI is InChI=1S/C18H21N9O5S4/c19-1-2-32-26-10(8-6-34-17(21)22-8)13(28)23-11-14(29)27-12(16(30)31)7(4-33-15(11)27)5-35-18-25-24-9(3-20)36-18/h6,11,15H,1-5,19-20H2,(H2,21,22)(H,23,28)(H,30,31)/t11?,15-/m0/s1. The van der Waals surface area contributed by atoms with E-state index in [4.69, 9.17) is 22.0 Å². The number of nitrogens with zero attached hydrogens (tertiary/aromatic N) is 5. The molecule has 2 aromatic heterocycles. The number of aromatic nitrogens is 3. The molecule has 2 aliphatic rings. The van der Waals surface area contributed by atoms with Crippen molar-refractivity contribution in [2.45, 2.75) is 22.3 Å². The fraction of sp³-hybridized carbons (Fsp3) is 0.389. The van der Waals surface area contributed by atoms with Gasteiger partial charge in [0, 0.05) is 30.0 Å². The van der Waals surface area contributed by atoms with E-state index in [1.807, 2.05) is 0 Å². The number of thiazole rings is 1. The molecule has 1 unspecified atom stereocenters. The highest BCUT2D eigenvalue weighted by atomic mass is 32.2. The quantitative estimate of drug-likeness (QED) is 0.0736. The molecule has 36 heavy (non-hydrogen) atoms. The van der Waals surface area contributed by atoms with Crippen molar-refractivity contribution in [1.29, 1.82) is 0 Å². The number of carboxylic acids is 1. The van der Waals surface area contributed by atoms with Gasteiger partial charge in [0.05, 0.1) is 0 Å². The topological polar surface area (TPSA) is 225 Å². The number of aliphatic carboxylic acids is 1. The summed E-state index contributed by atoms with van der Waals surface area (Å²) in [6, 6.07) is -0.947. The molecule has 1 saturated heterocycles. The van der Waals surface area contributed by atoms with E-state index < -0.39 is 29.2 Å². The molecule has 14 nitrogen and oxygen atoms in total. The Labute approximate surface area is 220 Å². The van der Waals surface area contributed by atoms with Gasteiger partial charge in [-0.15, -0.1) is 33.3 Å². The highest BCUT2D eigenvalue weighted by Gasteiger charge is 2.54. The van der Waals surface area contributed by atoms with E-state index >= 15 is 0 Å². The van der Waals surface area contributed by atoms with Gasteiger partial charge in [-0.3, -0.25) is 14.5 Å². The molecule has 8 N–H and O–H groups in total. The Hall–Kier alpha value is -2.77. The first-order valence-electron chi connectivity index (χ1n) is 10.3. The monoisotopic (exact) mass is 571 g/mol. The average molecular weight is 572 g/mol. The smallest absolute Gasteiger partial charge is 0.352 e. The molecule has 2 amide bonds. The van der Waals surface area contributed by atoms with E-state index in [0.717, 1.165) is 11.3 Å². The van der Waals surface area contributed by atoms with Crippen molar-refractivity contribution in [3.8, 4) is 0 Å². The fourth-order valence-electron chi connectivity index (χ4n) is 3.30. The summed E-state index contributed by atoms with van der Waals surface area (Å²) >= 11 is 5.13. The highest BCUT2D eigenvalue weighted by molar-refractivity contribution is 8.01. The molecule has 0 aliphatic carbocycles. The number of nitrogens with two attached hydrogens (primary N) is 3. The van der Waals surface area contributed by atoms with Gasteiger partial charge in [0.2, 0.25) is 0 Å². The van der Waals surface area contributed by atoms with Crippen molar-refractivity contribution in [3.05, 3.63) is 27.4 Å². The number of rotatable bonds is 11. The predicted molar refractivity (Wildman–Crippen MR) is 136 cm³/mol. The SMILES string of the molecule is NCCON=C(C(=O)NC1C(=O)N2C(C(=O)O)=C(CSc3nnc(CN)s3)CS[C@@H]12)c1csc(N)n1. The van der Waals surface area contributed by atoms with Crippen LogP contribution in [0.25, 0.3) is 0 Å². The lowest BCUT2D eigenvalue weighted by Gasteiger charge is -2.49. The maximum atomic E-state index is 13.0. The first kappa shape index (κ1) is 26.3. The molecule has 0 aromatic carbocycles. The molecule has 4 rings (SSSR count). The van der Waals surface area contributed by atoms with Gasteiger partial charge in [0.1, 0.15) is 34.4 Å². The third-order valence-corrected chi connectivity index (χ3v) is 9.05. The fourth-order valence-corrected chi connectivity index (χ4v) is 7.10. The summed E-state index contributed by atoms with van der Waals surface area (Å²) in [7, 11) is 0. The Morgan fingerprint density at radius 1 is 1.36 bits per heavy atom. The molecule has 0 spiro atoms. The normalized spacial score (nSPS) is 19.7. The number of thioether (sulfide) groups is 2. The van der Waals surface area contributed by atoms with Gasteiger partial charge in [0.15, 0.2) is 15.2 Å². The van der Waals surface area contributed by atoms with Crippen LogP contribution in [-0.4, -0.2) is 84.8 Å². The van der Waals surface area contributed by atoms with Crippen molar-refractivity contribution in [2.24, 2.45) is 16.6 Å². The molecular formula is C18H21N9O5S4. The number of β-lactam (4-membered cyclic amide) rings is 1. The first-order chi connectivity index (χ1) is 17.3. The van der Waals surface area contributed by atoms with Crippen LogP contribution in [0.15, 0.2) is 26.1 Å². The van der Waals surface area contributed by atoms with Gasteiger partial charge in [-0.25, -0.2) is 9.78 Å². The molecule has 1 fully saturated rings. The lowest BCUT2D eigenvalue weighted by molar-refractivity contribution is -0.150. The zero-order valence-corrected chi connectivity index (χ0v) is 21.7. The van der Waals surface area contributed by atoms with E-state index in [1.165, 1.54) is 45.1 Å². The van der Waals surface area contributed by atoms with Crippen LogP contribution >= 0.6 is 46.2 Å². The van der Waals surface area contributed by atoms with Crippen LogP contribution in [0.5, 0.6) is 0 Å². The summed E-state index contributed by atoms with van der Waals surface area (Å²) in [5, 5.41) is 26.1. The first-order valence-corrected chi connectivity index (χ1v) is 14.0. The van der Waals surface area contributed by atoms with Gasteiger partial charge in [-0.2, -0.15) is 0 Å². The summed E-state index contributed by atoms with van der Waals surface area (Å²) < 4.78 is 0.659. The molecule has 2 aliphatic heterocycles. The number of carbonyl (C=O) groups excluding carboxylic acids is 2. The van der Waals surface area contributed by atoms with E-state index in [0.29, 0.717) is 26.4 Å². The van der Waals surface area contributed by atoms with Crippen LogP contribution in [0, 0.1) is 0 Å². The van der Waals surface area contributed by atoms with Crippen molar-refractivity contribution in [3.63, 3.8) is 0 Å². The molecule has 0 saturated carbocycles. The van der Waals surface area contributed by atoms with Gasteiger partial charge in [-0.05, 0) is 5.57 Å². The van der Waals surface area contributed by atoms with E-state index in [2.05, 4.69) is 25.7 Å². The molecule has 0 bridgehead atoms. The second-order valence-electron chi connectivity index (χ2n) is 7.21. The van der Waals surface area contributed by atoms with Crippen molar-refractivity contribution in [2.75, 3.05) is 30.4 Å². The minimum absolute atomic E-state index is 0.0726. The van der Waals surface area contributed by atoms with Crippen LogP contribution < -0.4 is 22.5 Å². The number of oxime groups is 1. The van der Waals surface area contributed by atoms with Crippen LogP contribution in [0.1, 0.15) is 10.7 Å². The Morgan fingerprint density at radius 3 is 2.81 bits per heavy atom. The molecule has 2 aromatic rings. The molecule has 4 heterocycles. The van der Waals surface area contributed by atoms with E-state index in [1.54, 1.807) is 0 Å². The Morgan fingerprint density at radius 2 is 2.17 bits per heavy atom. The highest BCUT2D eigenvalue weighted by Crippen LogP contribution is 2.41. The summed E-state index contributed by atoms with van der Waals surface area (Å²) in [6.07, 6.45) is 0. The number of nitrogen functional groups attached to an aromatic ring is 1. The molecule has 0 radical (unpaired) electrons. The number of hydrogen-bond donors (Lipinski definition) is 5. The number of nitrogens with one attached hydrogen (secondary N) is 1. The maximum Gasteiger partial charge on any atom is 0.352 e. The summed E-state index contributed by atoms with van der Waals surface area (Å²) in [5.41, 5.74) is 17.1. The zero-order chi connectivity index (χ0) is 25.8. The van der Waals surface area contributed by atoms with Crippen LogP contribution in [0.3, 0.4) is 0 Å². The van der Waals surface area contributed by atoms with Crippen molar-refractivity contribution in [1.82, 2.24) is 25.4 Å². The number of anilines is 1. The number of carboxylic acid groups (broad SMARTS) is 1. The minimum Gasteiger partial charge on any atom is -0.477 e. The van der Waals surface area contributed by atoms with Crippen molar-refractivity contribution < 1.29 is 24.3 Å². The van der Waals surface area contributed by atoms with Crippen molar-refractivity contribution >= 4 is 74.8 Å². The summed E-state index contributed by atoms with van der Waals surface area (Å²) in [4.78, 5) is 48.3. The predicted octanol–water partition coefficient (Wildman–Crippen LogP) is -0.754. The lowest BCUT2D eigenvalue weighted by atomic mass is 10.0. The molecular weight excluding hydrogens is 551 g/mol. The average Bonchev–Trinajstić information content (AvgIpc) is 3.51. The Bertz CT molecular complexity index is 1230. The third kappa shape index (κ3) is 5.47. The van der Waals surface area contributed by atoms with Crippen LogP contribution in [-0.2, 0) is 25.8 Å². The number of carbonyl (C=O) groups is 3. The largest absolute Gasteiger partial charge is 0.477 e. The Kier molecular flexibility index (Phi) is 8.42. The summed E-state index contributed by atoms with van der Waals surface area (Å²) in [5.74, 6) is -1.78. The molecule has 2 atom stereocenters. The zero-order valence-electron chi connectivity index (χ0n) is 18.4. The minimum atomic E-state index is -1.22. The van der Waals surface area contributed by atoms with Gasteiger partial charge in [-0.1, -0.05) is 28.3 Å². The second-order valence-corrected chi connectivity index (χ2v) is 11.5. The number of fused-ring (bicyclic) bond motifs is 1. The maximum absolute atomic E-state index is 13.0. The number of amides is 2. The van der Waals surface area contributed by atoms with Crippen LogP contribution in [0.2, 0.25) is 0 Å². The van der Waals surface area contributed by atoms with Crippen LogP contribution in [0.4, 0.5) is 5.13 Å². The van der Waals surface area contributed by atoms with E-state index in [9.17, 15) is 19.5 Å². The number of hydrogen-bond acceptors (Lipinski definition) is 15. The third-order valence-electron chi connectivity index (χ3n) is 4.87. The molecule has 192 valence electrons.